The van der Waals surface area contributed by atoms with Gasteiger partial charge in [0, 0.05) is 37.3 Å². The first-order chi connectivity index (χ1) is 14.0. The van der Waals surface area contributed by atoms with Gasteiger partial charge in [-0.2, -0.15) is 0 Å². The summed E-state index contributed by atoms with van der Waals surface area (Å²) in [5.74, 6) is -0.575. The zero-order chi connectivity index (χ0) is 20.5. The SMILES string of the molecule is CNc1nc2[nH]c(-c3cccc(C(=O)NCCC(=O)O)c3)cc2c2c1ncn2C. The van der Waals surface area contributed by atoms with Gasteiger partial charge in [-0.05, 0) is 23.8 Å². The highest BCUT2D eigenvalue weighted by atomic mass is 16.4. The number of aryl methyl sites for hydroxylation is 1. The molecule has 0 saturated carbocycles. The molecule has 3 aromatic heterocycles. The lowest BCUT2D eigenvalue weighted by atomic mass is 10.1. The van der Waals surface area contributed by atoms with Crippen molar-refractivity contribution < 1.29 is 14.7 Å². The van der Waals surface area contributed by atoms with E-state index in [0.29, 0.717) is 11.4 Å². The van der Waals surface area contributed by atoms with Crippen LogP contribution < -0.4 is 10.6 Å². The van der Waals surface area contributed by atoms with E-state index in [0.717, 1.165) is 33.3 Å². The maximum absolute atomic E-state index is 12.3. The van der Waals surface area contributed by atoms with Crippen LogP contribution >= 0.6 is 0 Å². The van der Waals surface area contributed by atoms with Crippen LogP contribution in [0.15, 0.2) is 36.7 Å². The lowest BCUT2D eigenvalue weighted by Gasteiger charge is -2.05. The molecule has 0 radical (unpaired) electrons. The van der Waals surface area contributed by atoms with Gasteiger partial charge in [0.05, 0.1) is 18.3 Å². The van der Waals surface area contributed by atoms with E-state index in [4.69, 9.17) is 5.11 Å². The molecule has 1 amide bonds. The van der Waals surface area contributed by atoms with Gasteiger partial charge < -0.3 is 25.3 Å². The summed E-state index contributed by atoms with van der Waals surface area (Å²) in [6.07, 6.45) is 1.63. The number of imidazole rings is 1. The predicted octanol–water partition coefficient (Wildman–Crippen LogP) is 2.36. The van der Waals surface area contributed by atoms with E-state index in [2.05, 4.69) is 25.6 Å². The molecule has 0 aliphatic rings. The summed E-state index contributed by atoms with van der Waals surface area (Å²) in [5.41, 5.74) is 4.58. The number of aliphatic carboxylic acids is 1. The van der Waals surface area contributed by atoms with E-state index in [1.54, 1.807) is 31.6 Å². The molecule has 0 spiro atoms. The monoisotopic (exact) mass is 392 g/mol. The topological polar surface area (TPSA) is 125 Å². The number of pyridine rings is 1. The average Bonchev–Trinajstić information content (AvgIpc) is 3.30. The van der Waals surface area contributed by atoms with E-state index in [9.17, 15) is 9.59 Å². The number of aromatic amines is 1. The molecule has 1 aromatic carbocycles. The van der Waals surface area contributed by atoms with Crippen molar-refractivity contribution in [2.75, 3.05) is 18.9 Å². The molecule has 0 atom stereocenters. The van der Waals surface area contributed by atoms with Crippen LogP contribution in [0.2, 0.25) is 0 Å². The van der Waals surface area contributed by atoms with Crippen LogP contribution in [0.25, 0.3) is 33.3 Å². The Labute approximate surface area is 165 Å². The van der Waals surface area contributed by atoms with Crippen LogP contribution in [0.3, 0.4) is 0 Å². The van der Waals surface area contributed by atoms with Gasteiger partial charge in [0.25, 0.3) is 5.91 Å². The number of hydrogen-bond acceptors (Lipinski definition) is 5. The molecular weight excluding hydrogens is 372 g/mol. The zero-order valence-corrected chi connectivity index (χ0v) is 16.0. The largest absolute Gasteiger partial charge is 0.481 e. The molecule has 0 fully saturated rings. The van der Waals surface area contributed by atoms with Crippen LogP contribution in [0.4, 0.5) is 5.82 Å². The number of rotatable bonds is 6. The normalized spacial score (nSPS) is 11.1. The van der Waals surface area contributed by atoms with Crippen LogP contribution in [0.1, 0.15) is 16.8 Å². The van der Waals surface area contributed by atoms with Crippen molar-refractivity contribution in [3.05, 3.63) is 42.2 Å². The van der Waals surface area contributed by atoms with Crippen molar-refractivity contribution >= 4 is 39.8 Å². The summed E-state index contributed by atoms with van der Waals surface area (Å²) in [4.78, 5) is 35.3. The molecular formula is C20H20N6O3. The highest BCUT2D eigenvalue weighted by Gasteiger charge is 2.16. The van der Waals surface area contributed by atoms with Crippen molar-refractivity contribution in [2.24, 2.45) is 7.05 Å². The second-order valence-corrected chi connectivity index (χ2v) is 6.69. The van der Waals surface area contributed by atoms with Gasteiger partial charge >= 0.3 is 5.97 Å². The van der Waals surface area contributed by atoms with Gasteiger partial charge in [0.15, 0.2) is 5.82 Å². The first-order valence-electron chi connectivity index (χ1n) is 9.10. The molecule has 0 bridgehead atoms. The summed E-state index contributed by atoms with van der Waals surface area (Å²) in [6.45, 7) is 0.0833. The highest BCUT2D eigenvalue weighted by Crippen LogP contribution is 2.31. The number of nitrogens with one attached hydrogen (secondary N) is 3. The van der Waals surface area contributed by atoms with Gasteiger partial charge in [-0.3, -0.25) is 9.59 Å². The molecule has 0 aliphatic carbocycles. The minimum absolute atomic E-state index is 0.0833. The van der Waals surface area contributed by atoms with E-state index in [1.165, 1.54) is 0 Å². The summed E-state index contributed by atoms with van der Waals surface area (Å²) < 4.78 is 1.95. The lowest BCUT2D eigenvalue weighted by molar-refractivity contribution is -0.136. The Kier molecular flexibility index (Phi) is 4.63. The molecule has 4 aromatic rings. The molecule has 3 heterocycles. The smallest absolute Gasteiger partial charge is 0.305 e. The minimum atomic E-state index is -0.952. The number of hydrogen-bond donors (Lipinski definition) is 4. The molecule has 0 unspecified atom stereocenters. The molecule has 0 saturated heterocycles. The van der Waals surface area contributed by atoms with Crippen molar-refractivity contribution in [3.8, 4) is 11.3 Å². The number of carboxylic acid groups (broad SMARTS) is 1. The molecule has 4 N–H and O–H groups in total. The fraction of sp³-hybridized carbons (Fsp3) is 0.200. The number of H-pyrrole nitrogens is 1. The molecule has 4 rings (SSSR count). The van der Waals surface area contributed by atoms with Crippen LogP contribution in [0, 0.1) is 0 Å². The Balaban J connectivity index is 1.72. The number of anilines is 1. The fourth-order valence-corrected chi connectivity index (χ4v) is 3.34. The van der Waals surface area contributed by atoms with Gasteiger partial charge in [0.1, 0.15) is 11.2 Å². The summed E-state index contributed by atoms with van der Waals surface area (Å²) in [5, 5.41) is 15.3. The predicted molar refractivity (Wildman–Crippen MR) is 110 cm³/mol. The Morgan fingerprint density at radius 1 is 1.28 bits per heavy atom. The number of aromatic nitrogens is 4. The van der Waals surface area contributed by atoms with Crippen molar-refractivity contribution in [1.82, 2.24) is 24.8 Å². The number of benzene rings is 1. The number of fused-ring (bicyclic) bond motifs is 3. The summed E-state index contributed by atoms with van der Waals surface area (Å²) in [6, 6.07) is 9.14. The second kappa shape index (κ2) is 7.27. The number of carboxylic acids is 1. The minimum Gasteiger partial charge on any atom is -0.481 e. The van der Waals surface area contributed by atoms with Crippen molar-refractivity contribution in [3.63, 3.8) is 0 Å². The van der Waals surface area contributed by atoms with E-state index >= 15 is 0 Å². The van der Waals surface area contributed by atoms with Crippen molar-refractivity contribution in [2.45, 2.75) is 6.42 Å². The molecule has 9 heteroatoms. The summed E-state index contributed by atoms with van der Waals surface area (Å²) in [7, 11) is 3.74. The van der Waals surface area contributed by atoms with Crippen LogP contribution in [-0.2, 0) is 11.8 Å². The Hall–Kier alpha value is -3.88. The van der Waals surface area contributed by atoms with Crippen LogP contribution in [0.5, 0.6) is 0 Å². The van der Waals surface area contributed by atoms with E-state index in [1.807, 2.05) is 23.7 Å². The summed E-state index contributed by atoms with van der Waals surface area (Å²) >= 11 is 0. The molecule has 29 heavy (non-hydrogen) atoms. The Morgan fingerprint density at radius 3 is 2.86 bits per heavy atom. The maximum Gasteiger partial charge on any atom is 0.305 e. The fourth-order valence-electron chi connectivity index (χ4n) is 3.34. The van der Waals surface area contributed by atoms with Gasteiger partial charge in [-0.1, -0.05) is 12.1 Å². The quantitative estimate of drug-likeness (QED) is 0.399. The molecule has 148 valence electrons. The number of carbonyl (C=O) groups excluding carboxylic acids is 1. The zero-order valence-electron chi connectivity index (χ0n) is 16.0. The third-order valence-corrected chi connectivity index (χ3v) is 4.73. The first-order valence-corrected chi connectivity index (χ1v) is 9.10. The van der Waals surface area contributed by atoms with Crippen LogP contribution in [-0.4, -0.2) is 50.1 Å². The van der Waals surface area contributed by atoms with E-state index < -0.39 is 5.97 Å². The number of nitrogens with zero attached hydrogens (tertiary/aromatic N) is 3. The van der Waals surface area contributed by atoms with Crippen molar-refractivity contribution in [1.29, 1.82) is 0 Å². The van der Waals surface area contributed by atoms with Gasteiger partial charge in [-0.25, -0.2) is 9.97 Å². The highest BCUT2D eigenvalue weighted by molar-refractivity contribution is 6.07. The number of carbonyl (C=O) groups is 2. The maximum atomic E-state index is 12.3. The third kappa shape index (κ3) is 3.38. The van der Waals surface area contributed by atoms with Gasteiger partial charge in [-0.15, -0.1) is 0 Å². The third-order valence-electron chi connectivity index (χ3n) is 4.73. The Bertz CT molecular complexity index is 1240. The lowest BCUT2D eigenvalue weighted by Crippen LogP contribution is -2.25. The number of amides is 1. The first kappa shape index (κ1) is 18.5. The molecule has 0 aliphatic heterocycles. The molecule has 9 nitrogen and oxygen atoms in total. The second-order valence-electron chi connectivity index (χ2n) is 6.69. The standard InChI is InChI=1S/C20H20N6O3/c1-21-19-16-17(26(2)10-23-16)13-9-14(24-18(13)25-19)11-4-3-5-12(8-11)20(29)22-7-6-15(27)28/h3-5,8-10H,6-7H2,1-2H3,(H,22,29)(H,27,28)(H2,21,24,25). The van der Waals surface area contributed by atoms with E-state index in [-0.39, 0.29) is 18.9 Å². The van der Waals surface area contributed by atoms with Gasteiger partial charge in [0.2, 0.25) is 0 Å². The Morgan fingerprint density at radius 2 is 2.10 bits per heavy atom. The average molecular weight is 392 g/mol.